The second-order valence-corrected chi connectivity index (χ2v) is 4.81. The fraction of sp³-hybridized carbons (Fsp3) is 0.667. The van der Waals surface area contributed by atoms with E-state index in [1.54, 1.807) is 22.7 Å². The lowest BCUT2D eigenvalue weighted by Crippen LogP contribution is -2.51. The van der Waals surface area contributed by atoms with Crippen LogP contribution < -0.4 is 5.73 Å². The predicted molar refractivity (Wildman–Crippen MR) is 67.2 cm³/mol. The van der Waals surface area contributed by atoms with Crippen molar-refractivity contribution >= 4 is 5.91 Å². The summed E-state index contributed by atoms with van der Waals surface area (Å²) in [7, 11) is 1.78. The largest absolute Gasteiger partial charge is 0.373 e. The van der Waals surface area contributed by atoms with Crippen LogP contribution in [-0.4, -0.2) is 52.4 Å². The number of nitrogens with two attached hydrogens (primary N) is 1. The lowest BCUT2D eigenvalue weighted by atomic mass is 10.1. The van der Waals surface area contributed by atoms with E-state index < -0.39 is 0 Å². The molecule has 1 aliphatic rings. The highest BCUT2D eigenvalue weighted by Crippen LogP contribution is 2.12. The van der Waals surface area contributed by atoms with Gasteiger partial charge in [0.05, 0.1) is 18.4 Å². The quantitative estimate of drug-likeness (QED) is 0.799. The summed E-state index contributed by atoms with van der Waals surface area (Å²) in [5, 5.41) is 4.19. The minimum atomic E-state index is -0.0861. The molecule has 1 aliphatic heterocycles. The lowest BCUT2D eigenvalue weighted by Gasteiger charge is -2.34. The second kappa shape index (κ2) is 5.07. The molecule has 1 aromatic rings. The molecule has 6 nitrogen and oxygen atoms in total. The molecule has 0 radical (unpaired) electrons. The molecule has 6 heteroatoms. The molecule has 0 bridgehead atoms. The van der Waals surface area contributed by atoms with Crippen molar-refractivity contribution < 1.29 is 9.53 Å². The fourth-order valence-electron chi connectivity index (χ4n) is 2.15. The van der Waals surface area contributed by atoms with Crippen molar-refractivity contribution in [3.8, 4) is 0 Å². The number of carbonyl (C=O) groups excluding carboxylic acids is 1. The maximum absolute atomic E-state index is 12.4. The third-order valence-corrected chi connectivity index (χ3v) is 3.19. The zero-order valence-corrected chi connectivity index (χ0v) is 11.1. The molecule has 2 N–H and O–H groups in total. The summed E-state index contributed by atoms with van der Waals surface area (Å²) in [6.45, 7) is 5.45. The van der Waals surface area contributed by atoms with Crippen molar-refractivity contribution in [3.05, 3.63) is 17.5 Å². The highest BCUT2D eigenvalue weighted by molar-refractivity contribution is 5.92. The zero-order valence-electron chi connectivity index (χ0n) is 11.1. The Morgan fingerprint density at radius 1 is 1.67 bits per heavy atom. The van der Waals surface area contributed by atoms with Gasteiger partial charge in [-0.3, -0.25) is 9.48 Å². The Balaban J connectivity index is 2.11. The number of amides is 1. The van der Waals surface area contributed by atoms with Gasteiger partial charge in [0.25, 0.3) is 5.91 Å². The van der Waals surface area contributed by atoms with E-state index in [4.69, 9.17) is 10.5 Å². The van der Waals surface area contributed by atoms with Crippen LogP contribution in [0.1, 0.15) is 23.1 Å². The van der Waals surface area contributed by atoms with Crippen LogP contribution >= 0.6 is 0 Å². The number of hydrogen-bond acceptors (Lipinski definition) is 4. The molecular weight excluding hydrogens is 232 g/mol. The van der Waals surface area contributed by atoms with Gasteiger partial charge < -0.3 is 15.4 Å². The summed E-state index contributed by atoms with van der Waals surface area (Å²) in [5.74, 6) is -0.00736. The molecule has 1 saturated heterocycles. The summed E-state index contributed by atoms with van der Waals surface area (Å²) in [4.78, 5) is 14.2. The minimum Gasteiger partial charge on any atom is -0.373 e. The Morgan fingerprint density at radius 2 is 2.39 bits per heavy atom. The van der Waals surface area contributed by atoms with E-state index >= 15 is 0 Å². The number of nitrogens with zero attached hydrogens (tertiary/aromatic N) is 3. The Morgan fingerprint density at radius 3 is 2.94 bits per heavy atom. The van der Waals surface area contributed by atoms with E-state index in [2.05, 4.69) is 5.10 Å². The van der Waals surface area contributed by atoms with Gasteiger partial charge in [-0.1, -0.05) is 0 Å². The lowest BCUT2D eigenvalue weighted by molar-refractivity contribution is -0.0303. The number of hydrogen-bond donors (Lipinski definition) is 1. The van der Waals surface area contributed by atoms with Crippen LogP contribution in [0.4, 0.5) is 0 Å². The number of aromatic nitrogens is 2. The molecule has 1 amide bonds. The highest BCUT2D eigenvalue weighted by Gasteiger charge is 2.28. The first kappa shape index (κ1) is 13.0. The van der Waals surface area contributed by atoms with Gasteiger partial charge in [0, 0.05) is 26.2 Å². The Kier molecular flexibility index (Phi) is 3.68. The Bertz CT molecular complexity index is 441. The molecule has 0 saturated carbocycles. The molecular formula is C12H20N4O2. The summed E-state index contributed by atoms with van der Waals surface area (Å²) in [6, 6.07) is 1.73. The van der Waals surface area contributed by atoms with Crippen molar-refractivity contribution in [1.29, 1.82) is 0 Å². The van der Waals surface area contributed by atoms with Gasteiger partial charge in [-0.05, 0) is 19.9 Å². The van der Waals surface area contributed by atoms with Crippen molar-refractivity contribution in [2.45, 2.75) is 26.0 Å². The average molecular weight is 252 g/mol. The molecule has 2 atom stereocenters. The molecule has 1 fully saturated rings. The van der Waals surface area contributed by atoms with Crippen LogP contribution in [0.15, 0.2) is 6.07 Å². The normalized spacial score (nSPS) is 22.0. The van der Waals surface area contributed by atoms with Gasteiger partial charge in [-0.15, -0.1) is 0 Å². The minimum absolute atomic E-state index is 0.00736. The molecule has 18 heavy (non-hydrogen) atoms. The van der Waals surface area contributed by atoms with E-state index in [9.17, 15) is 4.79 Å². The first-order valence-corrected chi connectivity index (χ1v) is 6.16. The van der Waals surface area contributed by atoms with Crippen molar-refractivity contribution in [2.75, 3.05) is 19.7 Å². The van der Waals surface area contributed by atoms with E-state index in [0.29, 0.717) is 25.4 Å². The Hall–Kier alpha value is -1.40. The third-order valence-electron chi connectivity index (χ3n) is 3.19. The molecule has 1 aromatic heterocycles. The number of morpholine rings is 1. The third kappa shape index (κ3) is 2.54. The van der Waals surface area contributed by atoms with Gasteiger partial charge in [-0.25, -0.2) is 0 Å². The maximum Gasteiger partial charge on any atom is 0.272 e. The number of aryl methyl sites for hydroxylation is 2. The summed E-state index contributed by atoms with van der Waals surface area (Å²) >= 11 is 0. The van der Waals surface area contributed by atoms with Crippen LogP contribution in [0.3, 0.4) is 0 Å². The molecule has 2 rings (SSSR count). The van der Waals surface area contributed by atoms with Crippen molar-refractivity contribution in [1.82, 2.24) is 14.7 Å². The van der Waals surface area contributed by atoms with Crippen LogP contribution in [-0.2, 0) is 11.8 Å². The van der Waals surface area contributed by atoms with Crippen molar-refractivity contribution in [3.63, 3.8) is 0 Å². The van der Waals surface area contributed by atoms with E-state index in [-0.39, 0.29) is 18.1 Å². The molecule has 100 valence electrons. The monoisotopic (exact) mass is 252 g/mol. The zero-order chi connectivity index (χ0) is 13.3. The molecule has 0 aliphatic carbocycles. The first-order chi connectivity index (χ1) is 8.49. The first-order valence-electron chi connectivity index (χ1n) is 6.16. The topological polar surface area (TPSA) is 73.4 Å². The predicted octanol–water partition coefficient (Wildman–Crippen LogP) is -0.0833. The van der Waals surface area contributed by atoms with E-state index in [0.717, 1.165) is 5.69 Å². The van der Waals surface area contributed by atoms with Gasteiger partial charge in [0.15, 0.2) is 0 Å². The number of rotatable bonds is 2. The highest BCUT2D eigenvalue weighted by atomic mass is 16.5. The van der Waals surface area contributed by atoms with Crippen LogP contribution in [0, 0.1) is 6.92 Å². The van der Waals surface area contributed by atoms with Crippen LogP contribution in [0.2, 0.25) is 0 Å². The maximum atomic E-state index is 12.4. The Labute approximate surface area is 107 Å². The van der Waals surface area contributed by atoms with Gasteiger partial charge in [-0.2, -0.15) is 5.10 Å². The molecule has 2 unspecified atom stereocenters. The number of ether oxygens (including phenoxy) is 1. The van der Waals surface area contributed by atoms with E-state index in [1.165, 1.54) is 0 Å². The van der Waals surface area contributed by atoms with Crippen molar-refractivity contribution in [2.24, 2.45) is 12.8 Å². The SMILES string of the molecule is Cc1cc(C(=O)N2CCOC(C(C)N)C2)n(C)n1. The standard InChI is InChI=1S/C12H20N4O2/c1-8-6-10(15(3)14-8)12(17)16-4-5-18-11(7-16)9(2)13/h6,9,11H,4-5,7,13H2,1-3H3. The van der Waals surface area contributed by atoms with E-state index in [1.807, 2.05) is 13.8 Å². The molecule has 0 spiro atoms. The average Bonchev–Trinajstić information content (AvgIpc) is 2.67. The fourth-order valence-corrected chi connectivity index (χ4v) is 2.15. The summed E-state index contributed by atoms with van der Waals surface area (Å²) < 4.78 is 7.17. The van der Waals surface area contributed by atoms with Gasteiger partial charge >= 0.3 is 0 Å². The second-order valence-electron chi connectivity index (χ2n) is 4.81. The van der Waals surface area contributed by atoms with Gasteiger partial charge in [0.1, 0.15) is 5.69 Å². The summed E-state index contributed by atoms with van der Waals surface area (Å²) in [5.41, 5.74) is 7.28. The van der Waals surface area contributed by atoms with Crippen LogP contribution in [0.25, 0.3) is 0 Å². The van der Waals surface area contributed by atoms with Crippen LogP contribution in [0.5, 0.6) is 0 Å². The van der Waals surface area contributed by atoms with Gasteiger partial charge in [0.2, 0.25) is 0 Å². The smallest absolute Gasteiger partial charge is 0.272 e. The molecule has 2 heterocycles. The molecule has 0 aromatic carbocycles. The number of carbonyl (C=O) groups is 1. The summed E-state index contributed by atoms with van der Waals surface area (Å²) in [6.07, 6.45) is -0.0861.